The van der Waals surface area contributed by atoms with Crippen molar-refractivity contribution in [3.8, 4) is 5.75 Å². The van der Waals surface area contributed by atoms with Crippen molar-refractivity contribution in [3.63, 3.8) is 0 Å². The van der Waals surface area contributed by atoms with E-state index in [1.54, 1.807) is 0 Å². The van der Waals surface area contributed by atoms with Crippen LogP contribution in [0.4, 0.5) is 22.0 Å². The number of ketones is 1. The Morgan fingerprint density at radius 2 is 1.83 bits per heavy atom. The Morgan fingerprint density at radius 3 is 2.22 bits per heavy atom. The van der Waals surface area contributed by atoms with Gasteiger partial charge in [-0.2, -0.15) is 22.0 Å². The Labute approximate surface area is 99.4 Å². The largest absolute Gasteiger partial charge is 0.434 e. The molecule has 0 fully saturated rings. The summed E-state index contributed by atoms with van der Waals surface area (Å²) in [5.41, 5.74) is -1.76. The molecule has 100 valence electrons. The number of hydrogen-bond acceptors (Lipinski definition) is 2. The van der Waals surface area contributed by atoms with Gasteiger partial charge in [0.1, 0.15) is 5.75 Å². The summed E-state index contributed by atoms with van der Waals surface area (Å²) < 4.78 is 66.1. The summed E-state index contributed by atoms with van der Waals surface area (Å²) in [6.45, 7) is -1.12. The minimum atomic E-state index is -4.87. The number of hydrogen-bond donors (Lipinski definition) is 0. The summed E-state index contributed by atoms with van der Waals surface area (Å²) in [4.78, 5) is 11.1. The number of aryl methyl sites for hydroxylation is 1. The molecule has 0 radical (unpaired) electrons. The molecule has 0 aromatic heterocycles. The van der Waals surface area contributed by atoms with E-state index in [-0.39, 0.29) is 11.1 Å². The van der Waals surface area contributed by atoms with E-state index in [1.165, 1.54) is 6.92 Å². The van der Waals surface area contributed by atoms with Crippen LogP contribution >= 0.6 is 0 Å². The number of alkyl halides is 5. The van der Waals surface area contributed by atoms with Crippen LogP contribution in [0.5, 0.6) is 5.75 Å². The maximum absolute atomic E-state index is 12.7. The number of halogens is 5. The fourth-order valence-electron chi connectivity index (χ4n) is 1.43. The monoisotopic (exact) mass is 268 g/mol. The van der Waals surface area contributed by atoms with Crippen LogP contribution in [0.1, 0.15) is 28.4 Å². The van der Waals surface area contributed by atoms with Crippen LogP contribution < -0.4 is 4.74 Å². The fourth-order valence-corrected chi connectivity index (χ4v) is 1.43. The molecule has 0 unspecified atom stereocenters. The van der Waals surface area contributed by atoms with Gasteiger partial charge < -0.3 is 4.74 Å². The van der Waals surface area contributed by atoms with Gasteiger partial charge in [0, 0.05) is 5.56 Å². The predicted molar refractivity (Wildman–Crippen MR) is 52.8 cm³/mol. The Bertz CT molecular complexity index is 465. The van der Waals surface area contributed by atoms with Crippen molar-refractivity contribution in [1.82, 2.24) is 0 Å². The molecule has 1 rings (SSSR count). The molecule has 0 aliphatic heterocycles. The van der Waals surface area contributed by atoms with Crippen LogP contribution in [-0.4, -0.2) is 12.4 Å². The maximum Gasteiger partial charge on any atom is 0.420 e. The molecule has 0 amide bonds. The van der Waals surface area contributed by atoms with E-state index in [9.17, 15) is 26.7 Å². The third-order valence-electron chi connectivity index (χ3n) is 2.19. The Hall–Kier alpha value is -1.66. The average molecular weight is 268 g/mol. The number of benzene rings is 1. The molecule has 0 aliphatic rings. The minimum absolute atomic E-state index is 0.171. The van der Waals surface area contributed by atoms with Gasteiger partial charge in [-0.1, -0.05) is 0 Å². The van der Waals surface area contributed by atoms with Crippen LogP contribution in [0.25, 0.3) is 0 Å². The number of rotatable bonds is 3. The van der Waals surface area contributed by atoms with Crippen LogP contribution in [0.3, 0.4) is 0 Å². The summed E-state index contributed by atoms with van der Waals surface area (Å²) in [6.07, 6.45) is -4.87. The lowest BCUT2D eigenvalue weighted by Gasteiger charge is -2.16. The standard InChI is InChI=1S/C11H9F5O2/c1-5-3-7(6(2)17)4-8(11(14,15)16)9(5)18-10(12)13/h3-4,10H,1-2H3. The molecule has 1 aromatic rings. The molecule has 1 aromatic carbocycles. The first-order chi connectivity index (χ1) is 8.12. The van der Waals surface area contributed by atoms with Gasteiger partial charge in [0.2, 0.25) is 0 Å². The van der Waals surface area contributed by atoms with Gasteiger partial charge in [-0.3, -0.25) is 4.79 Å². The number of carbonyl (C=O) groups is 1. The number of Topliss-reactive ketones (excluding diaryl/α,β-unsaturated/α-hetero) is 1. The van der Waals surface area contributed by atoms with Gasteiger partial charge >= 0.3 is 12.8 Å². The minimum Gasteiger partial charge on any atom is -0.434 e. The molecule has 18 heavy (non-hydrogen) atoms. The zero-order valence-electron chi connectivity index (χ0n) is 9.44. The number of ether oxygens (including phenoxy) is 1. The molecule has 0 aliphatic carbocycles. The molecular formula is C11H9F5O2. The lowest BCUT2D eigenvalue weighted by atomic mass is 10.0. The molecular weight excluding hydrogens is 259 g/mol. The summed E-state index contributed by atoms with van der Waals surface area (Å²) in [5, 5.41) is 0. The first kappa shape index (κ1) is 14.4. The highest BCUT2D eigenvalue weighted by Gasteiger charge is 2.36. The quantitative estimate of drug-likeness (QED) is 0.615. The molecule has 0 heterocycles. The van der Waals surface area contributed by atoms with Crippen LogP contribution in [0, 0.1) is 6.92 Å². The van der Waals surface area contributed by atoms with E-state index < -0.39 is 29.9 Å². The van der Waals surface area contributed by atoms with Crippen molar-refractivity contribution in [3.05, 3.63) is 28.8 Å². The highest BCUT2D eigenvalue weighted by molar-refractivity contribution is 5.94. The summed E-state index contributed by atoms with van der Waals surface area (Å²) in [5.74, 6) is -1.55. The summed E-state index contributed by atoms with van der Waals surface area (Å²) in [7, 11) is 0. The second-order valence-electron chi connectivity index (χ2n) is 3.60. The van der Waals surface area contributed by atoms with Crippen LogP contribution in [0.2, 0.25) is 0 Å². The zero-order valence-corrected chi connectivity index (χ0v) is 9.44. The molecule has 0 atom stereocenters. The van der Waals surface area contributed by atoms with E-state index in [2.05, 4.69) is 4.74 Å². The topological polar surface area (TPSA) is 26.3 Å². The normalized spacial score (nSPS) is 11.8. The fraction of sp³-hybridized carbons (Fsp3) is 0.364. The first-order valence-electron chi connectivity index (χ1n) is 4.80. The van der Waals surface area contributed by atoms with E-state index in [0.29, 0.717) is 6.07 Å². The SMILES string of the molecule is CC(=O)c1cc(C)c(OC(F)F)c(C(F)(F)F)c1. The highest BCUT2D eigenvalue weighted by Crippen LogP contribution is 2.39. The molecule has 2 nitrogen and oxygen atoms in total. The van der Waals surface area contributed by atoms with Crippen LogP contribution in [-0.2, 0) is 6.18 Å². The van der Waals surface area contributed by atoms with Crippen molar-refractivity contribution >= 4 is 5.78 Å². The van der Waals surface area contributed by atoms with Gasteiger partial charge in [-0.05, 0) is 31.5 Å². The van der Waals surface area contributed by atoms with Crippen molar-refractivity contribution in [1.29, 1.82) is 0 Å². The van der Waals surface area contributed by atoms with E-state index in [0.717, 1.165) is 13.0 Å². The average Bonchev–Trinajstić information content (AvgIpc) is 2.17. The molecule has 0 spiro atoms. The third-order valence-corrected chi connectivity index (χ3v) is 2.19. The lowest BCUT2D eigenvalue weighted by molar-refractivity contribution is -0.142. The van der Waals surface area contributed by atoms with E-state index in [1.807, 2.05) is 0 Å². The van der Waals surface area contributed by atoms with E-state index >= 15 is 0 Å². The molecule has 7 heteroatoms. The molecule has 0 N–H and O–H groups in total. The van der Waals surface area contributed by atoms with Crippen molar-refractivity contribution in [2.75, 3.05) is 0 Å². The molecule has 0 saturated heterocycles. The van der Waals surface area contributed by atoms with Gasteiger partial charge in [0.15, 0.2) is 5.78 Å². The van der Waals surface area contributed by atoms with Gasteiger partial charge in [0.05, 0.1) is 5.56 Å². The molecule has 0 bridgehead atoms. The van der Waals surface area contributed by atoms with Gasteiger partial charge in [-0.25, -0.2) is 0 Å². The highest BCUT2D eigenvalue weighted by atomic mass is 19.4. The van der Waals surface area contributed by atoms with Gasteiger partial charge in [-0.15, -0.1) is 0 Å². The van der Waals surface area contributed by atoms with Crippen molar-refractivity contribution in [2.24, 2.45) is 0 Å². The second-order valence-corrected chi connectivity index (χ2v) is 3.60. The smallest absolute Gasteiger partial charge is 0.420 e. The third kappa shape index (κ3) is 3.18. The Balaban J connectivity index is 3.45. The summed E-state index contributed by atoms with van der Waals surface area (Å²) in [6, 6.07) is 1.59. The Morgan fingerprint density at radius 1 is 1.28 bits per heavy atom. The number of carbonyl (C=O) groups excluding carboxylic acids is 1. The second kappa shape index (κ2) is 4.91. The lowest BCUT2D eigenvalue weighted by Crippen LogP contribution is -2.14. The van der Waals surface area contributed by atoms with Crippen LogP contribution in [0.15, 0.2) is 12.1 Å². The maximum atomic E-state index is 12.7. The van der Waals surface area contributed by atoms with Crippen molar-refractivity contribution in [2.45, 2.75) is 26.6 Å². The first-order valence-corrected chi connectivity index (χ1v) is 4.80. The van der Waals surface area contributed by atoms with Gasteiger partial charge in [0.25, 0.3) is 0 Å². The zero-order chi connectivity index (χ0) is 14.1. The summed E-state index contributed by atoms with van der Waals surface area (Å²) >= 11 is 0. The Kier molecular flexibility index (Phi) is 3.93. The molecule has 0 saturated carbocycles. The van der Waals surface area contributed by atoms with Crippen molar-refractivity contribution < 1.29 is 31.5 Å². The van der Waals surface area contributed by atoms with E-state index in [4.69, 9.17) is 0 Å². The predicted octanol–water partition coefficient (Wildman–Crippen LogP) is 3.82.